The van der Waals surface area contributed by atoms with Crippen LogP contribution in [0.5, 0.6) is 0 Å². The van der Waals surface area contributed by atoms with Crippen molar-refractivity contribution in [3.05, 3.63) is 0 Å². The van der Waals surface area contributed by atoms with Gasteiger partial charge in [-0.2, -0.15) is 0 Å². The minimum Gasteiger partial charge on any atom is -0.304 e. The van der Waals surface area contributed by atoms with Gasteiger partial charge in [0.2, 0.25) is 0 Å². The van der Waals surface area contributed by atoms with Gasteiger partial charge in [0.05, 0.1) is 0 Å². The number of nitrogens with zero attached hydrogens (tertiary/aromatic N) is 2. The van der Waals surface area contributed by atoms with E-state index < -0.39 is 0 Å². The fourth-order valence-corrected chi connectivity index (χ4v) is 0.212. The molecule has 0 radical (unpaired) electrons. The highest BCUT2D eigenvalue weighted by molar-refractivity contribution is 6.29. The van der Waals surface area contributed by atoms with E-state index in [1.807, 2.05) is 0 Å². The first-order valence-electron chi connectivity index (χ1n) is 2.26. The van der Waals surface area contributed by atoms with Crippen LogP contribution in [0.3, 0.4) is 0 Å². The lowest BCUT2D eigenvalue weighted by Gasteiger charge is -1.75. The molecule has 0 spiro atoms. The van der Waals surface area contributed by atoms with Crippen LogP contribution in [0.2, 0.25) is 0 Å². The molecule has 0 aromatic carbocycles. The van der Waals surface area contributed by atoms with E-state index in [1.54, 1.807) is 14.0 Å². The summed E-state index contributed by atoms with van der Waals surface area (Å²) in [7, 11) is 1.64. The first-order valence-corrected chi connectivity index (χ1v) is 2.26. The van der Waals surface area contributed by atoms with Gasteiger partial charge in [-0.1, -0.05) is 0 Å². The molecule has 1 N–H and O–H groups in total. The molecule has 0 rings (SSSR count). The monoisotopic (exact) mass is 111 g/mol. The molecule has 0 aromatic heterocycles. The van der Waals surface area contributed by atoms with E-state index in [9.17, 15) is 0 Å². The van der Waals surface area contributed by atoms with Crippen LogP contribution >= 0.6 is 0 Å². The Bertz CT molecular complexity index is 124. The quantitative estimate of drug-likeness (QED) is 0.404. The van der Waals surface area contributed by atoms with Crippen molar-refractivity contribution in [2.45, 2.75) is 6.92 Å². The van der Waals surface area contributed by atoms with Gasteiger partial charge in [-0.3, -0.25) is 4.99 Å². The van der Waals surface area contributed by atoms with Crippen molar-refractivity contribution in [2.75, 3.05) is 7.05 Å². The minimum absolute atomic E-state index is 0.435. The third-order valence-electron chi connectivity index (χ3n) is 0.450. The number of nitrogens with one attached hydrogen (secondary N) is 1. The highest BCUT2D eigenvalue weighted by atomic mass is 14.8. The van der Waals surface area contributed by atoms with E-state index in [2.05, 4.69) is 9.98 Å². The van der Waals surface area contributed by atoms with Gasteiger partial charge in [-0.05, 0) is 6.92 Å². The first kappa shape index (κ1) is 7.01. The van der Waals surface area contributed by atoms with E-state index in [0.717, 1.165) is 0 Å². The van der Waals surface area contributed by atoms with E-state index >= 15 is 0 Å². The van der Waals surface area contributed by atoms with Gasteiger partial charge in [0.25, 0.3) is 0 Å². The SMILES string of the molecule is C/N=C\N=C/C(C)=N. The predicted octanol–water partition coefficient (Wildman–Crippen LogP) is 0.755. The van der Waals surface area contributed by atoms with Crippen LogP contribution in [0.1, 0.15) is 6.92 Å². The van der Waals surface area contributed by atoms with Crippen LogP contribution in [0, 0.1) is 5.41 Å². The Labute approximate surface area is 48.7 Å². The lowest BCUT2D eigenvalue weighted by atomic mass is 10.5. The lowest BCUT2D eigenvalue weighted by Crippen LogP contribution is -1.87. The second-order valence-electron chi connectivity index (χ2n) is 1.33. The maximum absolute atomic E-state index is 6.86. The molecule has 0 aliphatic rings. The molecule has 0 saturated carbocycles. The fraction of sp³-hybridized carbons (Fsp3) is 0.400. The summed E-state index contributed by atoms with van der Waals surface area (Å²) in [6.45, 7) is 1.66. The molecule has 0 aromatic rings. The maximum Gasteiger partial charge on any atom is 0.109 e. The molecular weight excluding hydrogens is 102 g/mol. The van der Waals surface area contributed by atoms with Gasteiger partial charge in [0.1, 0.15) is 6.34 Å². The summed E-state index contributed by atoms with van der Waals surface area (Å²) in [6.07, 6.45) is 2.84. The summed E-state index contributed by atoms with van der Waals surface area (Å²) in [6, 6.07) is 0. The Morgan fingerprint density at radius 2 is 2.25 bits per heavy atom. The molecule has 3 nitrogen and oxygen atoms in total. The smallest absolute Gasteiger partial charge is 0.109 e. The van der Waals surface area contributed by atoms with Crippen molar-refractivity contribution in [1.29, 1.82) is 5.41 Å². The molecule has 0 aliphatic carbocycles. The molecule has 0 unspecified atom stereocenters. The van der Waals surface area contributed by atoms with Crippen molar-refractivity contribution < 1.29 is 0 Å². The molecular formula is C5H9N3. The molecule has 0 saturated heterocycles. The summed E-state index contributed by atoms with van der Waals surface area (Å²) in [5, 5.41) is 6.86. The van der Waals surface area contributed by atoms with Gasteiger partial charge >= 0.3 is 0 Å². The largest absolute Gasteiger partial charge is 0.304 e. The molecule has 8 heavy (non-hydrogen) atoms. The Hall–Kier alpha value is -0.990. The van der Waals surface area contributed by atoms with Gasteiger partial charge in [0, 0.05) is 19.0 Å². The first-order chi connectivity index (χ1) is 3.77. The third-order valence-corrected chi connectivity index (χ3v) is 0.450. The topological polar surface area (TPSA) is 48.6 Å². The summed E-state index contributed by atoms with van der Waals surface area (Å²) < 4.78 is 0. The van der Waals surface area contributed by atoms with E-state index in [1.165, 1.54) is 12.6 Å². The molecule has 3 heteroatoms. The summed E-state index contributed by atoms with van der Waals surface area (Å²) in [5.74, 6) is 0. The fourth-order valence-electron chi connectivity index (χ4n) is 0.212. The van der Waals surface area contributed by atoms with Crippen LogP contribution in [0.25, 0.3) is 0 Å². The average Bonchev–Trinajstić information content (AvgIpc) is 1.66. The van der Waals surface area contributed by atoms with Crippen molar-refractivity contribution in [2.24, 2.45) is 9.98 Å². The highest BCUT2D eigenvalue weighted by Gasteiger charge is 1.71. The number of hydrogen-bond donors (Lipinski definition) is 1. The molecule has 0 atom stereocenters. The van der Waals surface area contributed by atoms with Crippen molar-refractivity contribution >= 4 is 18.3 Å². The van der Waals surface area contributed by atoms with Crippen LogP contribution in [0.15, 0.2) is 9.98 Å². The summed E-state index contributed by atoms with van der Waals surface area (Å²) in [5.41, 5.74) is 0.435. The maximum atomic E-state index is 6.86. The van der Waals surface area contributed by atoms with E-state index in [4.69, 9.17) is 5.41 Å². The number of aliphatic imine (C=N–C) groups is 2. The Balaban J connectivity index is 3.50. The minimum atomic E-state index is 0.435. The van der Waals surface area contributed by atoms with Crippen LogP contribution in [-0.2, 0) is 0 Å². The lowest BCUT2D eigenvalue weighted by molar-refractivity contribution is 1.45. The van der Waals surface area contributed by atoms with Crippen molar-refractivity contribution in [3.63, 3.8) is 0 Å². The van der Waals surface area contributed by atoms with Gasteiger partial charge in [-0.25, -0.2) is 4.99 Å². The second kappa shape index (κ2) is 4.18. The molecule has 0 amide bonds. The zero-order valence-electron chi connectivity index (χ0n) is 5.05. The highest BCUT2D eigenvalue weighted by Crippen LogP contribution is 1.61. The second-order valence-corrected chi connectivity index (χ2v) is 1.33. The van der Waals surface area contributed by atoms with Crippen LogP contribution in [0.4, 0.5) is 0 Å². The average molecular weight is 111 g/mol. The van der Waals surface area contributed by atoms with E-state index in [-0.39, 0.29) is 0 Å². The molecule has 44 valence electrons. The Morgan fingerprint density at radius 1 is 1.62 bits per heavy atom. The normalized spacial score (nSPS) is 11.2. The number of rotatable bonds is 2. The van der Waals surface area contributed by atoms with Gasteiger partial charge < -0.3 is 5.41 Å². The molecule has 0 fully saturated rings. The summed E-state index contributed by atoms with van der Waals surface area (Å²) >= 11 is 0. The Morgan fingerprint density at radius 3 is 2.62 bits per heavy atom. The Kier molecular flexibility index (Phi) is 3.66. The predicted molar refractivity (Wildman–Crippen MR) is 36.3 cm³/mol. The summed E-state index contributed by atoms with van der Waals surface area (Å²) in [4.78, 5) is 7.24. The molecule has 0 heterocycles. The van der Waals surface area contributed by atoms with Gasteiger partial charge in [-0.15, -0.1) is 0 Å². The van der Waals surface area contributed by atoms with E-state index in [0.29, 0.717) is 5.71 Å². The number of hydrogen-bond acceptors (Lipinski definition) is 2. The molecule has 0 bridgehead atoms. The zero-order chi connectivity index (χ0) is 6.41. The van der Waals surface area contributed by atoms with Gasteiger partial charge in [0.15, 0.2) is 0 Å². The third kappa shape index (κ3) is 5.01. The van der Waals surface area contributed by atoms with Crippen LogP contribution < -0.4 is 0 Å². The zero-order valence-corrected chi connectivity index (χ0v) is 5.05. The standard InChI is InChI=1S/C5H9N3/c1-5(6)3-8-4-7-2/h3-4,6H,1-2H3/b6-5?,7-4-,8-3-. The van der Waals surface area contributed by atoms with Crippen molar-refractivity contribution in [3.8, 4) is 0 Å². The van der Waals surface area contributed by atoms with Crippen LogP contribution in [-0.4, -0.2) is 25.3 Å². The molecule has 0 aliphatic heterocycles. The van der Waals surface area contributed by atoms with Crippen molar-refractivity contribution in [1.82, 2.24) is 0 Å².